The average molecular weight is 378 g/mol. The largest absolute Gasteiger partial charge is 0.335 e. The van der Waals surface area contributed by atoms with Crippen LogP contribution in [0.5, 0.6) is 0 Å². The predicted octanol–water partition coefficient (Wildman–Crippen LogP) is 4.20. The highest BCUT2D eigenvalue weighted by molar-refractivity contribution is 7.98. The van der Waals surface area contributed by atoms with E-state index in [4.69, 9.17) is 5.84 Å². The third-order valence-electron chi connectivity index (χ3n) is 3.08. The molecule has 4 aromatic rings. The first-order chi connectivity index (χ1) is 11.3. The van der Waals surface area contributed by atoms with E-state index in [1.54, 1.807) is 50.4 Å². The lowest BCUT2D eigenvalue weighted by Gasteiger charge is -2.01. The third kappa shape index (κ3) is 3.05. The first kappa shape index (κ1) is 14.9. The van der Waals surface area contributed by atoms with Crippen LogP contribution in [0.15, 0.2) is 44.9 Å². The van der Waals surface area contributed by atoms with Gasteiger partial charge in [0.05, 0.1) is 10.6 Å². The summed E-state index contributed by atoms with van der Waals surface area (Å²) >= 11 is 6.48. The van der Waals surface area contributed by atoms with Crippen LogP contribution in [0.25, 0.3) is 21.3 Å². The van der Waals surface area contributed by atoms with Crippen LogP contribution in [0, 0.1) is 0 Å². The second-order valence-electron chi connectivity index (χ2n) is 4.60. The number of hydrogen-bond donors (Lipinski definition) is 1. The maximum absolute atomic E-state index is 6.10. The summed E-state index contributed by atoms with van der Waals surface area (Å²) in [6.07, 6.45) is 0. The lowest BCUT2D eigenvalue weighted by Crippen LogP contribution is -2.11. The number of rotatable bonds is 5. The van der Waals surface area contributed by atoms with Gasteiger partial charge in [0.1, 0.15) is 5.01 Å². The fraction of sp³-hybridized carbons (Fsp3) is 0.0714. The van der Waals surface area contributed by atoms with E-state index in [0.29, 0.717) is 11.0 Å². The molecular formula is C14H11N5S4. The lowest BCUT2D eigenvalue weighted by molar-refractivity contribution is 0.850. The molecule has 0 aliphatic carbocycles. The summed E-state index contributed by atoms with van der Waals surface area (Å²) < 4.78 is 1.54. The molecular weight excluding hydrogens is 366 g/mol. The van der Waals surface area contributed by atoms with Crippen molar-refractivity contribution in [1.29, 1.82) is 0 Å². The number of hydrogen-bond acceptors (Lipinski definition) is 8. The highest BCUT2D eigenvalue weighted by Gasteiger charge is 2.14. The van der Waals surface area contributed by atoms with Crippen molar-refractivity contribution in [3.05, 3.63) is 45.4 Å². The normalized spacial score (nSPS) is 11.1. The Morgan fingerprint density at radius 1 is 1.13 bits per heavy atom. The molecule has 5 nitrogen and oxygen atoms in total. The van der Waals surface area contributed by atoms with Crippen molar-refractivity contribution in [2.75, 3.05) is 5.84 Å². The van der Waals surface area contributed by atoms with Gasteiger partial charge in [-0.2, -0.15) is 11.3 Å². The molecule has 0 saturated carbocycles. The van der Waals surface area contributed by atoms with Gasteiger partial charge in [0.2, 0.25) is 5.16 Å². The molecule has 0 aliphatic heterocycles. The van der Waals surface area contributed by atoms with Crippen molar-refractivity contribution in [2.24, 2.45) is 0 Å². The molecule has 0 bridgehead atoms. The number of nitrogen functional groups attached to an aromatic ring is 1. The van der Waals surface area contributed by atoms with Crippen LogP contribution in [0.2, 0.25) is 0 Å². The molecule has 0 radical (unpaired) electrons. The lowest BCUT2D eigenvalue weighted by atomic mass is 10.4. The van der Waals surface area contributed by atoms with E-state index in [0.717, 1.165) is 21.3 Å². The van der Waals surface area contributed by atoms with Gasteiger partial charge in [-0.3, -0.25) is 0 Å². The van der Waals surface area contributed by atoms with Gasteiger partial charge in [-0.1, -0.05) is 17.8 Å². The number of thiophene rings is 2. The van der Waals surface area contributed by atoms with E-state index in [1.165, 1.54) is 5.56 Å². The monoisotopic (exact) mass is 377 g/mol. The molecule has 0 unspecified atom stereocenters. The van der Waals surface area contributed by atoms with Gasteiger partial charge in [0, 0.05) is 22.1 Å². The zero-order valence-corrected chi connectivity index (χ0v) is 15.0. The highest BCUT2D eigenvalue weighted by atomic mass is 32.2. The van der Waals surface area contributed by atoms with Crippen molar-refractivity contribution in [3.63, 3.8) is 0 Å². The minimum absolute atomic E-state index is 0.693. The zero-order chi connectivity index (χ0) is 15.6. The van der Waals surface area contributed by atoms with Gasteiger partial charge in [-0.05, 0) is 22.9 Å². The fourth-order valence-corrected chi connectivity index (χ4v) is 5.07. The molecule has 0 aromatic carbocycles. The first-order valence-electron chi connectivity index (χ1n) is 6.65. The maximum Gasteiger partial charge on any atom is 0.210 e. The van der Waals surface area contributed by atoms with Crippen molar-refractivity contribution in [2.45, 2.75) is 10.9 Å². The molecule has 4 heterocycles. The minimum atomic E-state index is 0.693. The summed E-state index contributed by atoms with van der Waals surface area (Å²) in [6, 6.07) is 6.05. The second kappa shape index (κ2) is 6.44. The smallest absolute Gasteiger partial charge is 0.210 e. The third-order valence-corrected chi connectivity index (χ3v) is 6.54. The van der Waals surface area contributed by atoms with Gasteiger partial charge in [-0.15, -0.1) is 32.9 Å². The van der Waals surface area contributed by atoms with Crippen LogP contribution in [-0.4, -0.2) is 19.9 Å². The molecule has 0 saturated heterocycles. The van der Waals surface area contributed by atoms with E-state index in [9.17, 15) is 0 Å². The Bertz CT molecular complexity index is 892. The van der Waals surface area contributed by atoms with Gasteiger partial charge in [0.25, 0.3) is 0 Å². The Kier molecular flexibility index (Phi) is 4.17. The Balaban J connectivity index is 1.48. The van der Waals surface area contributed by atoms with Crippen LogP contribution in [0.1, 0.15) is 5.69 Å². The van der Waals surface area contributed by atoms with Crippen molar-refractivity contribution < 1.29 is 0 Å². The van der Waals surface area contributed by atoms with Gasteiger partial charge < -0.3 is 5.84 Å². The van der Waals surface area contributed by atoms with Gasteiger partial charge >= 0.3 is 0 Å². The van der Waals surface area contributed by atoms with Gasteiger partial charge in [-0.25, -0.2) is 9.66 Å². The van der Waals surface area contributed by atoms with Crippen LogP contribution in [-0.2, 0) is 5.75 Å². The molecule has 4 aromatic heterocycles. The Hall–Kier alpha value is -1.68. The quantitative estimate of drug-likeness (QED) is 0.417. The van der Waals surface area contributed by atoms with E-state index in [1.807, 2.05) is 17.5 Å². The number of nitrogens with two attached hydrogens (primary N) is 1. The molecule has 0 amide bonds. The molecule has 0 spiro atoms. The fourth-order valence-electron chi connectivity index (χ4n) is 1.98. The predicted molar refractivity (Wildman–Crippen MR) is 98.5 cm³/mol. The number of nitrogens with zero attached hydrogens (tertiary/aromatic N) is 4. The summed E-state index contributed by atoms with van der Waals surface area (Å²) in [5.41, 5.74) is 2.21. The van der Waals surface area contributed by atoms with Crippen LogP contribution in [0.4, 0.5) is 0 Å². The van der Waals surface area contributed by atoms with Crippen molar-refractivity contribution in [3.8, 4) is 21.3 Å². The van der Waals surface area contributed by atoms with E-state index in [-0.39, 0.29) is 0 Å². The second-order valence-corrected chi connectivity index (χ2v) is 8.13. The minimum Gasteiger partial charge on any atom is -0.335 e. The Labute approximate surface area is 148 Å². The Morgan fingerprint density at radius 2 is 2.09 bits per heavy atom. The number of aromatic nitrogens is 4. The SMILES string of the molecule is Nn1c(SCc2csc(-c3ccsc3)n2)nnc1-c1cccs1. The van der Waals surface area contributed by atoms with E-state index in [2.05, 4.69) is 37.4 Å². The topological polar surface area (TPSA) is 69.6 Å². The molecule has 0 aliphatic rings. The summed E-state index contributed by atoms with van der Waals surface area (Å²) in [5.74, 6) is 7.52. The van der Waals surface area contributed by atoms with Crippen LogP contribution < -0.4 is 5.84 Å². The maximum atomic E-state index is 6.10. The summed E-state index contributed by atoms with van der Waals surface area (Å²) in [6.45, 7) is 0. The Morgan fingerprint density at radius 3 is 2.87 bits per heavy atom. The molecule has 0 fully saturated rings. The average Bonchev–Trinajstić information content (AvgIpc) is 3.33. The molecule has 9 heteroatoms. The first-order valence-corrected chi connectivity index (χ1v) is 10.3. The van der Waals surface area contributed by atoms with Crippen LogP contribution in [0.3, 0.4) is 0 Å². The summed E-state index contributed by atoms with van der Waals surface area (Å²) in [5, 5.41) is 18.4. The van der Waals surface area contributed by atoms with Crippen LogP contribution >= 0.6 is 45.8 Å². The highest BCUT2D eigenvalue weighted by Crippen LogP contribution is 2.30. The van der Waals surface area contributed by atoms with Gasteiger partial charge in [0.15, 0.2) is 5.82 Å². The van der Waals surface area contributed by atoms with Crippen molar-refractivity contribution >= 4 is 45.8 Å². The van der Waals surface area contributed by atoms with E-state index < -0.39 is 0 Å². The molecule has 23 heavy (non-hydrogen) atoms. The standard InChI is InChI=1S/C14H11N5S4/c15-19-12(11-2-1-4-21-11)17-18-14(19)23-8-10-7-22-13(16-10)9-3-5-20-6-9/h1-7H,8,15H2. The zero-order valence-electron chi connectivity index (χ0n) is 11.7. The summed E-state index contributed by atoms with van der Waals surface area (Å²) in [4.78, 5) is 5.68. The van der Waals surface area contributed by atoms with Crippen molar-refractivity contribution in [1.82, 2.24) is 19.9 Å². The number of thioether (sulfide) groups is 1. The van der Waals surface area contributed by atoms with E-state index >= 15 is 0 Å². The molecule has 0 atom stereocenters. The molecule has 2 N–H and O–H groups in total. The molecule has 116 valence electrons. The summed E-state index contributed by atoms with van der Waals surface area (Å²) in [7, 11) is 0. The molecule has 4 rings (SSSR count). The number of thiazole rings is 1.